The highest BCUT2D eigenvalue weighted by atomic mass is 16.5. The summed E-state index contributed by atoms with van der Waals surface area (Å²) in [6.07, 6.45) is 4.35. The van der Waals surface area contributed by atoms with E-state index in [0.717, 1.165) is 18.9 Å². The molecular weight excluding hydrogens is 238 g/mol. The van der Waals surface area contributed by atoms with Gasteiger partial charge in [-0.25, -0.2) is 0 Å². The number of hydrogen-bond donors (Lipinski definition) is 2. The summed E-state index contributed by atoms with van der Waals surface area (Å²) in [5.74, 6) is 0.866. The normalized spacial score (nSPS) is 29.5. The van der Waals surface area contributed by atoms with E-state index in [9.17, 15) is 0 Å². The number of benzene rings is 1. The fourth-order valence-corrected chi connectivity index (χ4v) is 2.94. The zero-order chi connectivity index (χ0) is 13.1. The number of nitrogens with zero attached hydrogens (tertiary/aromatic N) is 1. The van der Waals surface area contributed by atoms with E-state index in [2.05, 4.69) is 39.9 Å². The van der Waals surface area contributed by atoms with Gasteiger partial charge in [0.15, 0.2) is 5.96 Å². The molecule has 2 heterocycles. The van der Waals surface area contributed by atoms with Crippen molar-refractivity contribution in [2.45, 2.75) is 44.1 Å². The maximum Gasteiger partial charge on any atom is 0.191 e. The molecule has 0 spiro atoms. The highest BCUT2D eigenvalue weighted by Gasteiger charge is 2.41. The van der Waals surface area contributed by atoms with E-state index in [1.54, 1.807) is 0 Å². The monoisotopic (exact) mass is 259 g/mol. The Bertz CT molecular complexity index is 446. The molecule has 0 saturated carbocycles. The van der Waals surface area contributed by atoms with Crippen molar-refractivity contribution in [3.63, 3.8) is 0 Å². The van der Waals surface area contributed by atoms with Gasteiger partial charge in [0.2, 0.25) is 0 Å². The fourth-order valence-electron chi connectivity index (χ4n) is 2.94. The topological polar surface area (TPSA) is 45.7 Å². The van der Waals surface area contributed by atoms with Crippen LogP contribution in [0, 0.1) is 0 Å². The smallest absolute Gasteiger partial charge is 0.191 e. The van der Waals surface area contributed by atoms with Gasteiger partial charge in [-0.15, -0.1) is 0 Å². The lowest BCUT2D eigenvalue weighted by atomic mass is 9.96. The Morgan fingerprint density at radius 2 is 2.16 bits per heavy atom. The lowest BCUT2D eigenvalue weighted by Gasteiger charge is -2.22. The molecule has 3 atom stereocenters. The van der Waals surface area contributed by atoms with Crippen molar-refractivity contribution in [1.82, 2.24) is 10.6 Å². The third-order valence-corrected chi connectivity index (χ3v) is 3.95. The first-order valence-electron chi connectivity index (χ1n) is 7.02. The van der Waals surface area contributed by atoms with E-state index in [-0.39, 0.29) is 0 Å². The van der Waals surface area contributed by atoms with Crippen LogP contribution >= 0.6 is 0 Å². The molecule has 0 aromatic heterocycles. The quantitative estimate of drug-likeness (QED) is 0.641. The van der Waals surface area contributed by atoms with E-state index in [0.29, 0.717) is 18.2 Å². The highest BCUT2D eigenvalue weighted by molar-refractivity contribution is 5.80. The molecule has 2 bridgehead atoms. The predicted octanol–water partition coefficient (Wildman–Crippen LogP) is 1.67. The van der Waals surface area contributed by atoms with Crippen LogP contribution in [0.1, 0.15) is 24.8 Å². The van der Waals surface area contributed by atoms with Crippen molar-refractivity contribution in [2.24, 2.45) is 4.99 Å². The van der Waals surface area contributed by atoms with Crippen LogP contribution < -0.4 is 10.6 Å². The van der Waals surface area contributed by atoms with Gasteiger partial charge in [-0.1, -0.05) is 30.3 Å². The van der Waals surface area contributed by atoms with Crippen molar-refractivity contribution in [2.75, 3.05) is 7.05 Å². The van der Waals surface area contributed by atoms with Crippen LogP contribution in [0.3, 0.4) is 0 Å². The van der Waals surface area contributed by atoms with Gasteiger partial charge in [0.05, 0.1) is 18.2 Å². The van der Waals surface area contributed by atoms with Crippen LogP contribution in [0.15, 0.2) is 35.3 Å². The number of hydrogen-bond acceptors (Lipinski definition) is 2. The van der Waals surface area contributed by atoms with Crippen molar-refractivity contribution >= 4 is 5.96 Å². The van der Waals surface area contributed by atoms with Crippen LogP contribution in [-0.4, -0.2) is 31.3 Å². The summed E-state index contributed by atoms with van der Waals surface area (Å²) in [6.45, 7) is 0.794. The van der Waals surface area contributed by atoms with E-state index < -0.39 is 0 Å². The van der Waals surface area contributed by atoms with E-state index in [1.807, 2.05) is 13.1 Å². The Labute approximate surface area is 114 Å². The first-order valence-corrected chi connectivity index (χ1v) is 7.02. The van der Waals surface area contributed by atoms with Crippen molar-refractivity contribution in [1.29, 1.82) is 0 Å². The van der Waals surface area contributed by atoms with Crippen molar-refractivity contribution in [3.8, 4) is 0 Å². The Morgan fingerprint density at radius 1 is 1.32 bits per heavy atom. The lowest BCUT2D eigenvalue weighted by molar-refractivity contribution is 0.0992. The average Bonchev–Trinajstić information content (AvgIpc) is 3.07. The zero-order valence-corrected chi connectivity index (χ0v) is 11.3. The summed E-state index contributed by atoms with van der Waals surface area (Å²) in [4.78, 5) is 4.29. The minimum absolute atomic E-state index is 0.375. The second-order valence-corrected chi connectivity index (χ2v) is 5.27. The summed E-state index contributed by atoms with van der Waals surface area (Å²) < 4.78 is 5.85. The van der Waals surface area contributed by atoms with Gasteiger partial charge in [0.1, 0.15) is 0 Å². The molecule has 0 radical (unpaired) electrons. The molecule has 2 aliphatic heterocycles. The number of guanidine groups is 1. The van der Waals surface area contributed by atoms with E-state index in [1.165, 1.54) is 18.4 Å². The number of fused-ring (bicyclic) bond motifs is 2. The third-order valence-electron chi connectivity index (χ3n) is 3.95. The fraction of sp³-hybridized carbons (Fsp3) is 0.533. The second-order valence-electron chi connectivity index (χ2n) is 5.27. The molecule has 3 unspecified atom stereocenters. The first kappa shape index (κ1) is 12.5. The number of aliphatic imine (C=N–C) groups is 1. The lowest BCUT2D eigenvalue weighted by Crippen LogP contribution is -2.47. The van der Waals surface area contributed by atoms with Gasteiger partial charge in [-0.2, -0.15) is 0 Å². The molecule has 1 aromatic carbocycles. The predicted molar refractivity (Wildman–Crippen MR) is 76.1 cm³/mol. The summed E-state index contributed by atoms with van der Waals surface area (Å²) in [5.41, 5.74) is 1.26. The summed E-state index contributed by atoms with van der Waals surface area (Å²) in [5, 5.41) is 6.84. The van der Waals surface area contributed by atoms with Crippen molar-refractivity contribution < 1.29 is 4.74 Å². The molecule has 102 valence electrons. The molecule has 4 heteroatoms. The Balaban J connectivity index is 1.51. The molecule has 2 aliphatic rings. The van der Waals surface area contributed by atoms with Crippen molar-refractivity contribution in [3.05, 3.63) is 35.9 Å². The van der Waals surface area contributed by atoms with E-state index >= 15 is 0 Å². The molecule has 2 N–H and O–H groups in total. The van der Waals surface area contributed by atoms with Crippen LogP contribution in [0.25, 0.3) is 0 Å². The largest absolute Gasteiger partial charge is 0.373 e. The molecule has 0 amide bonds. The first-order chi connectivity index (χ1) is 9.35. The Hall–Kier alpha value is -1.55. The highest BCUT2D eigenvalue weighted by Crippen LogP contribution is 2.34. The minimum atomic E-state index is 0.375. The van der Waals surface area contributed by atoms with Crippen LogP contribution in [0.5, 0.6) is 0 Å². The average molecular weight is 259 g/mol. The Morgan fingerprint density at radius 3 is 2.79 bits per heavy atom. The van der Waals surface area contributed by atoms with Gasteiger partial charge in [0.25, 0.3) is 0 Å². The molecule has 1 aromatic rings. The van der Waals surface area contributed by atoms with Crippen LogP contribution in [-0.2, 0) is 11.3 Å². The SMILES string of the molecule is CN=C(NCc1ccccc1)NC1CC2CCC1O2. The van der Waals surface area contributed by atoms with Crippen LogP contribution in [0.4, 0.5) is 0 Å². The third kappa shape index (κ3) is 2.89. The summed E-state index contributed by atoms with van der Waals surface area (Å²) >= 11 is 0. The Kier molecular flexibility index (Phi) is 3.69. The molecule has 4 nitrogen and oxygen atoms in total. The maximum absolute atomic E-state index is 5.85. The molecule has 3 rings (SSSR count). The van der Waals surface area contributed by atoms with E-state index in [4.69, 9.17) is 4.74 Å². The maximum atomic E-state index is 5.85. The molecule has 2 fully saturated rings. The van der Waals surface area contributed by atoms with Gasteiger partial charge >= 0.3 is 0 Å². The standard InChI is InChI=1S/C15H21N3O/c1-16-15(17-10-11-5-3-2-4-6-11)18-13-9-12-7-8-14(13)19-12/h2-6,12-14H,7-10H2,1H3,(H2,16,17,18). The minimum Gasteiger partial charge on any atom is -0.373 e. The van der Waals surface area contributed by atoms with Gasteiger partial charge < -0.3 is 15.4 Å². The summed E-state index contributed by atoms with van der Waals surface area (Å²) in [6, 6.07) is 10.8. The molecule has 2 saturated heterocycles. The van der Waals surface area contributed by atoms with Gasteiger partial charge in [0, 0.05) is 13.6 Å². The van der Waals surface area contributed by atoms with Gasteiger partial charge in [-0.05, 0) is 24.8 Å². The molecular formula is C15H21N3O. The number of nitrogens with one attached hydrogen (secondary N) is 2. The second kappa shape index (κ2) is 5.61. The number of ether oxygens (including phenoxy) is 1. The number of rotatable bonds is 3. The molecule has 19 heavy (non-hydrogen) atoms. The zero-order valence-electron chi connectivity index (χ0n) is 11.3. The molecule has 0 aliphatic carbocycles. The van der Waals surface area contributed by atoms with Crippen LogP contribution in [0.2, 0.25) is 0 Å². The van der Waals surface area contributed by atoms with Gasteiger partial charge in [-0.3, -0.25) is 4.99 Å². The summed E-state index contributed by atoms with van der Waals surface area (Å²) in [7, 11) is 1.81.